The van der Waals surface area contributed by atoms with E-state index in [2.05, 4.69) is 15.5 Å². The van der Waals surface area contributed by atoms with E-state index in [4.69, 9.17) is 8.83 Å². The van der Waals surface area contributed by atoms with Crippen molar-refractivity contribution in [3.05, 3.63) is 60.4 Å². The predicted molar refractivity (Wildman–Crippen MR) is 97.0 cm³/mol. The fraction of sp³-hybridized carbons (Fsp3) is 0.0556. The Bertz CT molecular complexity index is 1210. The van der Waals surface area contributed by atoms with Gasteiger partial charge in [0, 0.05) is 17.2 Å². The van der Waals surface area contributed by atoms with Crippen LogP contribution in [0, 0.1) is 0 Å². The molecule has 8 nitrogen and oxygen atoms in total. The van der Waals surface area contributed by atoms with Gasteiger partial charge in [0.25, 0.3) is 5.91 Å². The van der Waals surface area contributed by atoms with Crippen LogP contribution in [0.2, 0.25) is 0 Å². The van der Waals surface area contributed by atoms with Crippen molar-refractivity contribution >= 4 is 32.7 Å². The summed E-state index contributed by atoms with van der Waals surface area (Å²) in [7, 11) is -3.29. The maximum atomic E-state index is 12.3. The van der Waals surface area contributed by atoms with Crippen molar-refractivity contribution in [1.82, 2.24) is 10.2 Å². The highest BCUT2D eigenvalue weighted by Gasteiger charge is 2.16. The largest absolute Gasteiger partial charge is 0.451 e. The summed E-state index contributed by atoms with van der Waals surface area (Å²) < 4.78 is 33.9. The smallest absolute Gasteiger partial charge is 0.322 e. The number of rotatable bonds is 4. The highest BCUT2D eigenvalue weighted by Crippen LogP contribution is 2.23. The lowest BCUT2D eigenvalue weighted by atomic mass is 10.2. The second-order valence-electron chi connectivity index (χ2n) is 5.81. The number of aromatic nitrogens is 2. The van der Waals surface area contributed by atoms with Crippen molar-refractivity contribution < 1.29 is 22.0 Å². The summed E-state index contributed by atoms with van der Waals surface area (Å²) in [6, 6.07) is 14.8. The minimum atomic E-state index is -3.29. The SMILES string of the molecule is CS(=O)(=O)c1ccc(-c2nnc(NC(=O)c3cc4ccccc4o3)o2)cc1. The molecule has 1 amide bonds. The lowest BCUT2D eigenvalue weighted by Gasteiger charge is -1.99. The first-order chi connectivity index (χ1) is 12.9. The molecule has 2 aromatic heterocycles. The molecule has 1 N–H and O–H groups in total. The maximum absolute atomic E-state index is 12.3. The van der Waals surface area contributed by atoms with E-state index in [-0.39, 0.29) is 22.6 Å². The van der Waals surface area contributed by atoms with E-state index in [1.54, 1.807) is 24.3 Å². The van der Waals surface area contributed by atoms with E-state index in [1.807, 2.05) is 18.2 Å². The molecule has 0 unspecified atom stereocenters. The number of benzene rings is 2. The van der Waals surface area contributed by atoms with E-state index >= 15 is 0 Å². The van der Waals surface area contributed by atoms with Crippen LogP contribution in [-0.4, -0.2) is 30.8 Å². The number of nitrogens with one attached hydrogen (secondary N) is 1. The van der Waals surface area contributed by atoms with Crippen LogP contribution in [-0.2, 0) is 9.84 Å². The Morgan fingerprint density at radius 3 is 2.44 bits per heavy atom. The first-order valence-corrected chi connectivity index (χ1v) is 9.73. The molecule has 136 valence electrons. The standard InChI is InChI=1S/C18H13N3O5S/c1-27(23,24)13-8-6-11(7-9-13)17-20-21-18(26-17)19-16(22)15-10-12-4-2-3-5-14(12)25-15/h2-10H,1H3,(H,19,21,22). The summed E-state index contributed by atoms with van der Waals surface area (Å²) in [5.74, 6) is -0.253. The molecule has 0 atom stereocenters. The Morgan fingerprint density at radius 2 is 1.74 bits per heavy atom. The van der Waals surface area contributed by atoms with Gasteiger partial charge in [-0.25, -0.2) is 8.42 Å². The van der Waals surface area contributed by atoms with Crippen LogP contribution in [0.1, 0.15) is 10.6 Å². The monoisotopic (exact) mass is 383 g/mol. The topological polar surface area (TPSA) is 115 Å². The molecule has 0 saturated heterocycles. The number of fused-ring (bicyclic) bond motifs is 1. The number of hydrogen-bond acceptors (Lipinski definition) is 7. The van der Waals surface area contributed by atoms with E-state index in [0.29, 0.717) is 11.1 Å². The van der Waals surface area contributed by atoms with Gasteiger partial charge < -0.3 is 8.83 Å². The van der Waals surface area contributed by atoms with Crippen molar-refractivity contribution in [2.75, 3.05) is 11.6 Å². The van der Waals surface area contributed by atoms with Crippen molar-refractivity contribution in [2.24, 2.45) is 0 Å². The van der Waals surface area contributed by atoms with Crippen molar-refractivity contribution in [1.29, 1.82) is 0 Å². The number of carbonyl (C=O) groups is 1. The van der Waals surface area contributed by atoms with Crippen LogP contribution in [0.3, 0.4) is 0 Å². The summed E-state index contributed by atoms with van der Waals surface area (Å²) in [4.78, 5) is 12.5. The van der Waals surface area contributed by atoms with Crippen LogP contribution in [0.15, 0.2) is 68.3 Å². The Labute approximate surface area is 153 Å². The van der Waals surface area contributed by atoms with Gasteiger partial charge in [0.15, 0.2) is 15.6 Å². The molecule has 0 bridgehead atoms. The van der Waals surface area contributed by atoms with Gasteiger partial charge in [-0.1, -0.05) is 23.3 Å². The van der Waals surface area contributed by atoms with E-state index < -0.39 is 15.7 Å². The van der Waals surface area contributed by atoms with Crippen LogP contribution < -0.4 is 5.32 Å². The highest BCUT2D eigenvalue weighted by molar-refractivity contribution is 7.90. The summed E-state index contributed by atoms with van der Waals surface area (Å²) >= 11 is 0. The molecule has 0 aliphatic rings. The molecule has 2 aromatic carbocycles. The number of carbonyl (C=O) groups excluding carboxylic acids is 1. The number of sulfone groups is 1. The van der Waals surface area contributed by atoms with Gasteiger partial charge >= 0.3 is 6.01 Å². The molecule has 0 aliphatic heterocycles. The zero-order chi connectivity index (χ0) is 19.0. The fourth-order valence-electron chi connectivity index (χ4n) is 2.49. The number of hydrogen-bond donors (Lipinski definition) is 1. The first-order valence-electron chi connectivity index (χ1n) is 7.84. The van der Waals surface area contributed by atoms with Gasteiger partial charge in [-0.2, -0.15) is 0 Å². The number of furan rings is 1. The van der Waals surface area contributed by atoms with Crippen LogP contribution in [0.5, 0.6) is 0 Å². The predicted octanol–water partition coefficient (Wildman–Crippen LogP) is 3.14. The van der Waals surface area contributed by atoms with Crippen LogP contribution in [0.25, 0.3) is 22.4 Å². The second-order valence-corrected chi connectivity index (χ2v) is 7.83. The lowest BCUT2D eigenvalue weighted by molar-refractivity contribution is 0.0996. The Morgan fingerprint density at radius 1 is 1.00 bits per heavy atom. The molecule has 4 rings (SSSR count). The normalized spacial score (nSPS) is 11.6. The zero-order valence-electron chi connectivity index (χ0n) is 14.0. The molecule has 27 heavy (non-hydrogen) atoms. The minimum Gasteiger partial charge on any atom is -0.451 e. The van der Waals surface area contributed by atoms with E-state index in [1.165, 1.54) is 12.1 Å². The Kier molecular flexibility index (Phi) is 4.00. The summed E-state index contributed by atoms with van der Waals surface area (Å²) in [5, 5.41) is 10.9. The molecule has 0 saturated carbocycles. The van der Waals surface area contributed by atoms with Crippen molar-refractivity contribution in [3.63, 3.8) is 0 Å². The van der Waals surface area contributed by atoms with Crippen molar-refractivity contribution in [3.8, 4) is 11.5 Å². The average molecular weight is 383 g/mol. The quantitative estimate of drug-likeness (QED) is 0.575. The van der Waals surface area contributed by atoms with Gasteiger partial charge in [0.2, 0.25) is 5.89 Å². The molecule has 9 heteroatoms. The van der Waals surface area contributed by atoms with Gasteiger partial charge in [0.1, 0.15) is 5.58 Å². The molecule has 4 aromatic rings. The summed E-state index contributed by atoms with van der Waals surface area (Å²) in [6.45, 7) is 0. The fourth-order valence-corrected chi connectivity index (χ4v) is 3.12. The third-order valence-electron chi connectivity index (χ3n) is 3.82. The lowest BCUT2D eigenvalue weighted by Crippen LogP contribution is -2.10. The van der Waals surface area contributed by atoms with Crippen LogP contribution >= 0.6 is 0 Å². The molecule has 0 aliphatic carbocycles. The molecular formula is C18H13N3O5S. The van der Waals surface area contributed by atoms with Crippen molar-refractivity contribution in [2.45, 2.75) is 4.90 Å². The van der Waals surface area contributed by atoms with Gasteiger partial charge in [-0.15, -0.1) is 5.10 Å². The zero-order valence-corrected chi connectivity index (χ0v) is 14.9. The minimum absolute atomic E-state index is 0.0948. The molecule has 0 spiro atoms. The van der Waals surface area contributed by atoms with E-state index in [9.17, 15) is 13.2 Å². The van der Waals surface area contributed by atoms with Gasteiger partial charge in [-0.3, -0.25) is 10.1 Å². The Hall–Kier alpha value is -3.46. The average Bonchev–Trinajstić information content (AvgIpc) is 3.28. The highest BCUT2D eigenvalue weighted by atomic mass is 32.2. The number of nitrogens with zero attached hydrogens (tertiary/aromatic N) is 2. The molecule has 0 fully saturated rings. The molecule has 2 heterocycles. The third kappa shape index (κ3) is 3.44. The molecule has 0 radical (unpaired) electrons. The van der Waals surface area contributed by atoms with Crippen LogP contribution in [0.4, 0.5) is 6.01 Å². The number of amides is 1. The third-order valence-corrected chi connectivity index (χ3v) is 4.95. The Balaban J connectivity index is 1.53. The molecular weight excluding hydrogens is 370 g/mol. The van der Waals surface area contributed by atoms with Gasteiger partial charge in [-0.05, 0) is 36.4 Å². The number of anilines is 1. The summed E-state index contributed by atoms with van der Waals surface area (Å²) in [6.07, 6.45) is 1.13. The number of para-hydroxylation sites is 1. The first kappa shape index (κ1) is 17.0. The summed E-state index contributed by atoms with van der Waals surface area (Å²) in [5.41, 5.74) is 1.12. The maximum Gasteiger partial charge on any atom is 0.322 e. The van der Waals surface area contributed by atoms with E-state index in [0.717, 1.165) is 11.6 Å². The second kappa shape index (κ2) is 6.36. The van der Waals surface area contributed by atoms with Gasteiger partial charge in [0.05, 0.1) is 4.90 Å².